The molecule has 2 aliphatic carbocycles. The van der Waals surface area contributed by atoms with Crippen LogP contribution in [0.5, 0.6) is 0 Å². The molecule has 0 radical (unpaired) electrons. The van der Waals surface area contributed by atoms with E-state index in [0.717, 1.165) is 19.3 Å². The number of hydrogen-bond donors (Lipinski definition) is 0. The van der Waals surface area contributed by atoms with E-state index in [1.165, 1.54) is 24.3 Å². The maximum Gasteiger partial charge on any atom is 0.193 e. The fraction of sp³-hybridized carbons (Fsp3) is 0.294. The standard InChI is InChI=1S/C17H14Br2O4/c18-12-8-14(20)10(6-16(12)22)4-2-1-3-5-11-7-17(23)13(19)9-15(11)21/h6-9H,1-5H2. The first-order chi connectivity index (χ1) is 10.9. The predicted octanol–water partition coefficient (Wildman–Crippen LogP) is 3.65. The van der Waals surface area contributed by atoms with Crippen molar-refractivity contribution in [2.24, 2.45) is 0 Å². The largest absolute Gasteiger partial charge is 0.290 e. The lowest BCUT2D eigenvalue weighted by Gasteiger charge is -2.10. The van der Waals surface area contributed by atoms with E-state index < -0.39 is 0 Å². The Balaban J connectivity index is 1.75. The van der Waals surface area contributed by atoms with Gasteiger partial charge >= 0.3 is 0 Å². The third-order valence-corrected chi connectivity index (χ3v) is 4.86. The summed E-state index contributed by atoms with van der Waals surface area (Å²) < 4.78 is 0.579. The monoisotopic (exact) mass is 440 g/mol. The van der Waals surface area contributed by atoms with Crippen LogP contribution in [0.25, 0.3) is 0 Å². The van der Waals surface area contributed by atoms with Crippen LogP contribution in [0.4, 0.5) is 0 Å². The van der Waals surface area contributed by atoms with E-state index in [2.05, 4.69) is 31.9 Å². The van der Waals surface area contributed by atoms with E-state index in [0.29, 0.717) is 24.0 Å². The van der Waals surface area contributed by atoms with E-state index in [9.17, 15) is 19.2 Å². The summed E-state index contributed by atoms with van der Waals surface area (Å²) in [6, 6.07) is 0. The number of ketones is 4. The van der Waals surface area contributed by atoms with Gasteiger partial charge in [-0.15, -0.1) is 0 Å². The molecule has 23 heavy (non-hydrogen) atoms. The van der Waals surface area contributed by atoms with E-state index in [1.807, 2.05) is 0 Å². The Hall–Kier alpha value is -1.40. The molecule has 0 aromatic rings. The number of rotatable bonds is 6. The van der Waals surface area contributed by atoms with E-state index in [1.54, 1.807) is 0 Å². The smallest absolute Gasteiger partial charge is 0.193 e. The van der Waals surface area contributed by atoms with Crippen LogP contribution in [0, 0.1) is 0 Å². The molecule has 0 amide bonds. The minimum Gasteiger partial charge on any atom is -0.290 e. The fourth-order valence-corrected chi connectivity index (χ4v) is 3.00. The van der Waals surface area contributed by atoms with Crippen molar-refractivity contribution in [2.45, 2.75) is 32.1 Å². The van der Waals surface area contributed by atoms with Crippen molar-refractivity contribution in [3.63, 3.8) is 0 Å². The number of unbranched alkanes of at least 4 members (excludes halogenated alkanes) is 2. The number of carbonyl (C=O) groups is 4. The fourth-order valence-electron chi connectivity index (χ4n) is 2.35. The molecule has 2 rings (SSSR count). The van der Waals surface area contributed by atoms with Gasteiger partial charge in [-0.3, -0.25) is 19.2 Å². The maximum absolute atomic E-state index is 11.7. The maximum atomic E-state index is 11.7. The molecular weight excluding hydrogens is 428 g/mol. The van der Waals surface area contributed by atoms with Crippen LogP contribution in [0.2, 0.25) is 0 Å². The highest BCUT2D eigenvalue weighted by Crippen LogP contribution is 2.23. The average molecular weight is 442 g/mol. The topological polar surface area (TPSA) is 68.3 Å². The molecule has 0 bridgehead atoms. The second-order valence-electron chi connectivity index (χ2n) is 5.34. The number of hydrogen-bond acceptors (Lipinski definition) is 4. The van der Waals surface area contributed by atoms with Crippen molar-refractivity contribution in [1.29, 1.82) is 0 Å². The van der Waals surface area contributed by atoms with Crippen LogP contribution in [0.15, 0.2) is 44.4 Å². The summed E-state index contributed by atoms with van der Waals surface area (Å²) in [7, 11) is 0. The highest BCUT2D eigenvalue weighted by atomic mass is 79.9. The van der Waals surface area contributed by atoms with Gasteiger partial charge in [-0.1, -0.05) is 6.42 Å². The molecule has 0 saturated carbocycles. The van der Waals surface area contributed by atoms with Gasteiger partial charge in [-0.25, -0.2) is 0 Å². The molecule has 0 atom stereocenters. The summed E-state index contributed by atoms with van der Waals surface area (Å²) in [4.78, 5) is 46.5. The first-order valence-corrected chi connectivity index (χ1v) is 8.80. The molecule has 0 N–H and O–H groups in total. The summed E-state index contributed by atoms with van der Waals surface area (Å²) >= 11 is 6.09. The van der Waals surface area contributed by atoms with Crippen molar-refractivity contribution in [2.75, 3.05) is 0 Å². The first kappa shape index (κ1) is 17.9. The van der Waals surface area contributed by atoms with Gasteiger partial charge < -0.3 is 0 Å². The van der Waals surface area contributed by atoms with Crippen LogP contribution >= 0.6 is 31.9 Å². The highest BCUT2D eigenvalue weighted by molar-refractivity contribution is 9.12. The second kappa shape index (κ2) is 7.93. The lowest BCUT2D eigenvalue weighted by Crippen LogP contribution is -2.11. The molecule has 0 unspecified atom stereocenters. The summed E-state index contributed by atoms with van der Waals surface area (Å²) in [5.74, 6) is -0.647. The molecule has 0 saturated heterocycles. The van der Waals surface area contributed by atoms with E-state index in [-0.39, 0.29) is 32.1 Å². The van der Waals surface area contributed by atoms with Gasteiger partial charge in [-0.05, 0) is 69.7 Å². The average Bonchev–Trinajstić information content (AvgIpc) is 2.49. The molecule has 0 spiro atoms. The molecule has 0 heterocycles. The van der Waals surface area contributed by atoms with Crippen LogP contribution in [0.1, 0.15) is 32.1 Å². The molecule has 120 valence electrons. The molecule has 6 heteroatoms. The zero-order valence-electron chi connectivity index (χ0n) is 12.2. The normalized spacial score (nSPS) is 18.5. The lowest BCUT2D eigenvalue weighted by atomic mass is 9.95. The zero-order valence-corrected chi connectivity index (χ0v) is 15.4. The van der Waals surface area contributed by atoms with Gasteiger partial charge in [0.2, 0.25) is 0 Å². The number of carbonyl (C=O) groups excluding carboxylic acids is 4. The second-order valence-corrected chi connectivity index (χ2v) is 7.05. The van der Waals surface area contributed by atoms with Crippen molar-refractivity contribution in [1.82, 2.24) is 0 Å². The molecule has 0 aliphatic heterocycles. The molecule has 0 fully saturated rings. The Labute approximate surface area is 150 Å². The summed E-state index contributed by atoms with van der Waals surface area (Å²) in [5, 5.41) is 0. The Morgan fingerprint density at radius 1 is 0.565 bits per heavy atom. The van der Waals surface area contributed by atoms with E-state index in [4.69, 9.17) is 0 Å². The SMILES string of the molecule is O=C1C=C(CCCCCC2=CC(=O)C(Br)=CC2=O)C(=O)C=C1Br. The minimum atomic E-state index is -0.187. The molecular formula is C17H14Br2O4. The summed E-state index contributed by atoms with van der Waals surface area (Å²) in [6.07, 6.45) is 8.76. The van der Waals surface area contributed by atoms with Gasteiger partial charge in [0.05, 0.1) is 8.96 Å². The van der Waals surface area contributed by atoms with Crippen LogP contribution in [0.3, 0.4) is 0 Å². The number of halogens is 2. The molecule has 0 aromatic heterocycles. The molecule has 0 aromatic carbocycles. The first-order valence-electron chi connectivity index (χ1n) is 7.21. The Kier molecular flexibility index (Phi) is 6.18. The predicted molar refractivity (Wildman–Crippen MR) is 93.3 cm³/mol. The third kappa shape index (κ3) is 4.78. The molecule has 4 nitrogen and oxygen atoms in total. The Morgan fingerprint density at radius 2 is 0.957 bits per heavy atom. The number of allylic oxidation sites excluding steroid dienone is 8. The third-order valence-electron chi connectivity index (χ3n) is 3.62. The van der Waals surface area contributed by atoms with Gasteiger partial charge in [0.25, 0.3) is 0 Å². The lowest BCUT2D eigenvalue weighted by molar-refractivity contribution is -0.114. The quantitative estimate of drug-likeness (QED) is 0.466. The van der Waals surface area contributed by atoms with Crippen molar-refractivity contribution < 1.29 is 19.2 Å². The van der Waals surface area contributed by atoms with Crippen LogP contribution in [-0.2, 0) is 19.2 Å². The van der Waals surface area contributed by atoms with Gasteiger partial charge in [0, 0.05) is 23.3 Å². The summed E-state index contributed by atoms with van der Waals surface area (Å²) in [6.45, 7) is 0. The van der Waals surface area contributed by atoms with Gasteiger partial charge in [0.15, 0.2) is 23.1 Å². The van der Waals surface area contributed by atoms with Crippen molar-refractivity contribution >= 4 is 55.0 Å². The van der Waals surface area contributed by atoms with E-state index >= 15 is 0 Å². The highest BCUT2D eigenvalue weighted by Gasteiger charge is 2.19. The zero-order chi connectivity index (χ0) is 17.0. The Morgan fingerprint density at radius 3 is 1.35 bits per heavy atom. The van der Waals surface area contributed by atoms with Gasteiger partial charge in [0.1, 0.15) is 0 Å². The Bertz CT molecular complexity index is 648. The molecule has 2 aliphatic rings. The van der Waals surface area contributed by atoms with Crippen molar-refractivity contribution in [3.8, 4) is 0 Å². The van der Waals surface area contributed by atoms with Crippen LogP contribution in [-0.4, -0.2) is 23.1 Å². The minimum absolute atomic E-state index is 0.137. The van der Waals surface area contributed by atoms with Gasteiger partial charge in [-0.2, -0.15) is 0 Å². The summed E-state index contributed by atoms with van der Waals surface area (Å²) in [5.41, 5.74) is 1.04. The van der Waals surface area contributed by atoms with Crippen molar-refractivity contribution in [3.05, 3.63) is 44.4 Å². The van der Waals surface area contributed by atoms with Crippen LogP contribution < -0.4 is 0 Å².